The first-order chi connectivity index (χ1) is 8.22. The Hall–Kier alpha value is -1.61. The number of alkyl halides is 1. The Balaban J connectivity index is 2.52. The lowest BCUT2D eigenvalue weighted by atomic mass is 9.98. The average molecular weight is 291 g/mol. The Morgan fingerprint density at radius 3 is 2.41 bits per heavy atom. The normalized spacial score (nSPS) is 10.2. The standard InChI is InChI=1S/C14H11BrO2/c15-9-12-8-11(14(16)17)6-7-13(12)10-4-2-1-3-5-10/h1-8H,9H2,(H,16,17). The largest absolute Gasteiger partial charge is 0.478 e. The van der Waals surface area contributed by atoms with Crippen LogP contribution >= 0.6 is 15.9 Å². The van der Waals surface area contributed by atoms with Crippen LogP contribution in [0.25, 0.3) is 11.1 Å². The Morgan fingerprint density at radius 1 is 1.12 bits per heavy atom. The van der Waals surface area contributed by atoms with E-state index in [9.17, 15) is 4.79 Å². The molecular weight excluding hydrogens is 280 g/mol. The number of halogens is 1. The molecule has 0 saturated heterocycles. The molecule has 0 fully saturated rings. The summed E-state index contributed by atoms with van der Waals surface area (Å²) in [6.45, 7) is 0. The van der Waals surface area contributed by atoms with Gasteiger partial charge in [-0.05, 0) is 28.8 Å². The van der Waals surface area contributed by atoms with Gasteiger partial charge in [0.1, 0.15) is 0 Å². The second kappa shape index (κ2) is 5.15. The first-order valence-electron chi connectivity index (χ1n) is 5.20. The molecule has 2 aromatic carbocycles. The van der Waals surface area contributed by atoms with E-state index in [0.717, 1.165) is 16.7 Å². The molecule has 0 amide bonds. The van der Waals surface area contributed by atoms with Crippen molar-refractivity contribution in [2.24, 2.45) is 0 Å². The summed E-state index contributed by atoms with van der Waals surface area (Å²) in [6.07, 6.45) is 0. The fourth-order valence-electron chi connectivity index (χ4n) is 1.74. The van der Waals surface area contributed by atoms with Crippen LogP contribution in [0.2, 0.25) is 0 Å². The molecule has 17 heavy (non-hydrogen) atoms. The molecule has 86 valence electrons. The van der Waals surface area contributed by atoms with Crippen molar-refractivity contribution in [3.63, 3.8) is 0 Å². The number of aromatic carboxylic acids is 1. The minimum atomic E-state index is -0.896. The van der Waals surface area contributed by atoms with Crippen molar-refractivity contribution in [3.8, 4) is 11.1 Å². The summed E-state index contributed by atoms with van der Waals surface area (Å²) in [5.74, 6) is -0.896. The molecule has 0 atom stereocenters. The Bertz CT molecular complexity index is 535. The van der Waals surface area contributed by atoms with Crippen molar-refractivity contribution in [3.05, 3.63) is 59.7 Å². The molecule has 0 aliphatic heterocycles. The van der Waals surface area contributed by atoms with Gasteiger partial charge in [0.25, 0.3) is 0 Å². The molecular formula is C14H11BrO2. The highest BCUT2D eigenvalue weighted by molar-refractivity contribution is 9.08. The minimum Gasteiger partial charge on any atom is -0.478 e. The molecule has 3 heteroatoms. The molecule has 1 N–H and O–H groups in total. The number of hydrogen-bond acceptors (Lipinski definition) is 1. The summed E-state index contributed by atoms with van der Waals surface area (Å²) in [5.41, 5.74) is 3.46. The molecule has 0 bridgehead atoms. The summed E-state index contributed by atoms with van der Waals surface area (Å²) >= 11 is 3.40. The van der Waals surface area contributed by atoms with Crippen LogP contribution in [0, 0.1) is 0 Å². The van der Waals surface area contributed by atoms with Gasteiger partial charge in [-0.25, -0.2) is 4.79 Å². The maximum atomic E-state index is 10.9. The Kier molecular flexibility index (Phi) is 3.59. The molecule has 0 aromatic heterocycles. The zero-order chi connectivity index (χ0) is 12.3. The topological polar surface area (TPSA) is 37.3 Å². The second-order valence-electron chi connectivity index (χ2n) is 3.68. The van der Waals surface area contributed by atoms with E-state index < -0.39 is 5.97 Å². The maximum absolute atomic E-state index is 10.9. The van der Waals surface area contributed by atoms with Gasteiger partial charge in [-0.1, -0.05) is 52.3 Å². The highest BCUT2D eigenvalue weighted by Crippen LogP contribution is 2.26. The second-order valence-corrected chi connectivity index (χ2v) is 4.24. The van der Waals surface area contributed by atoms with Crippen LogP contribution in [0.1, 0.15) is 15.9 Å². The van der Waals surface area contributed by atoms with E-state index in [2.05, 4.69) is 15.9 Å². The van der Waals surface area contributed by atoms with Gasteiger partial charge >= 0.3 is 5.97 Å². The third-order valence-corrected chi connectivity index (χ3v) is 3.19. The van der Waals surface area contributed by atoms with Crippen LogP contribution in [0.15, 0.2) is 48.5 Å². The summed E-state index contributed by atoms with van der Waals surface area (Å²) in [7, 11) is 0. The zero-order valence-corrected chi connectivity index (χ0v) is 10.6. The van der Waals surface area contributed by atoms with E-state index in [1.165, 1.54) is 0 Å². The van der Waals surface area contributed by atoms with Crippen LogP contribution in [0.3, 0.4) is 0 Å². The van der Waals surface area contributed by atoms with Crippen LogP contribution in [0.5, 0.6) is 0 Å². The highest BCUT2D eigenvalue weighted by atomic mass is 79.9. The van der Waals surface area contributed by atoms with Crippen molar-refractivity contribution < 1.29 is 9.90 Å². The van der Waals surface area contributed by atoms with Crippen molar-refractivity contribution in [1.29, 1.82) is 0 Å². The number of rotatable bonds is 3. The van der Waals surface area contributed by atoms with E-state index in [4.69, 9.17) is 5.11 Å². The first kappa shape index (κ1) is 11.9. The Labute approximate surface area is 108 Å². The van der Waals surface area contributed by atoms with Gasteiger partial charge in [0, 0.05) is 5.33 Å². The minimum absolute atomic E-state index is 0.319. The third-order valence-electron chi connectivity index (χ3n) is 2.58. The lowest BCUT2D eigenvalue weighted by Gasteiger charge is -2.08. The predicted molar refractivity (Wildman–Crippen MR) is 71.5 cm³/mol. The number of hydrogen-bond donors (Lipinski definition) is 1. The summed E-state index contributed by atoms with van der Waals surface area (Å²) in [4.78, 5) is 10.9. The smallest absolute Gasteiger partial charge is 0.335 e. The molecule has 2 nitrogen and oxygen atoms in total. The molecule has 2 aromatic rings. The summed E-state index contributed by atoms with van der Waals surface area (Å²) in [6, 6.07) is 15.1. The Morgan fingerprint density at radius 2 is 1.82 bits per heavy atom. The van der Waals surface area contributed by atoms with Crippen molar-refractivity contribution >= 4 is 21.9 Å². The van der Waals surface area contributed by atoms with E-state index in [-0.39, 0.29) is 0 Å². The molecule has 0 aliphatic carbocycles. The molecule has 0 heterocycles. The number of benzene rings is 2. The van der Waals surface area contributed by atoms with E-state index in [0.29, 0.717) is 10.9 Å². The molecule has 0 radical (unpaired) electrons. The maximum Gasteiger partial charge on any atom is 0.335 e. The molecule has 2 rings (SSSR count). The van der Waals surface area contributed by atoms with E-state index in [1.807, 2.05) is 36.4 Å². The van der Waals surface area contributed by atoms with Crippen LogP contribution in [-0.2, 0) is 5.33 Å². The SMILES string of the molecule is O=C(O)c1ccc(-c2ccccc2)c(CBr)c1. The van der Waals surface area contributed by atoms with Crippen LogP contribution in [0.4, 0.5) is 0 Å². The fraction of sp³-hybridized carbons (Fsp3) is 0.0714. The number of carboxylic acid groups (broad SMARTS) is 1. The van der Waals surface area contributed by atoms with Crippen molar-refractivity contribution in [2.75, 3.05) is 0 Å². The monoisotopic (exact) mass is 290 g/mol. The van der Waals surface area contributed by atoms with Crippen LogP contribution in [-0.4, -0.2) is 11.1 Å². The van der Waals surface area contributed by atoms with Gasteiger partial charge in [0.05, 0.1) is 5.56 Å². The lowest BCUT2D eigenvalue weighted by molar-refractivity contribution is 0.0697. The van der Waals surface area contributed by atoms with Gasteiger partial charge in [0.2, 0.25) is 0 Å². The van der Waals surface area contributed by atoms with Crippen LogP contribution < -0.4 is 0 Å². The average Bonchev–Trinajstić information content (AvgIpc) is 2.39. The molecule has 0 saturated carbocycles. The van der Waals surface area contributed by atoms with E-state index in [1.54, 1.807) is 12.1 Å². The zero-order valence-electron chi connectivity index (χ0n) is 9.06. The van der Waals surface area contributed by atoms with Gasteiger partial charge in [-0.2, -0.15) is 0 Å². The summed E-state index contributed by atoms with van der Waals surface area (Å²) in [5, 5.41) is 9.59. The highest BCUT2D eigenvalue weighted by Gasteiger charge is 2.08. The predicted octanol–water partition coefficient (Wildman–Crippen LogP) is 3.95. The molecule has 0 unspecified atom stereocenters. The first-order valence-corrected chi connectivity index (χ1v) is 6.32. The number of carboxylic acids is 1. The molecule has 0 aliphatic rings. The van der Waals surface area contributed by atoms with E-state index >= 15 is 0 Å². The fourth-order valence-corrected chi connectivity index (χ4v) is 2.20. The third kappa shape index (κ3) is 2.56. The lowest BCUT2D eigenvalue weighted by Crippen LogP contribution is -1.98. The summed E-state index contributed by atoms with van der Waals surface area (Å²) < 4.78 is 0. The van der Waals surface area contributed by atoms with Gasteiger partial charge < -0.3 is 5.11 Å². The molecule has 0 spiro atoms. The van der Waals surface area contributed by atoms with Gasteiger partial charge in [0.15, 0.2) is 0 Å². The van der Waals surface area contributed by atoms with Gasteiger partial charge in [-0.3, -0.25) is 0 Å². The van der Waals surface area contributed by atoms with Gasteiger partial charge in [-0.15, -0.1) is 0 Å². The number of carbonyl (C=O) groups is 1. The quantitative estimate of drug-likeness (QED) is 0.869. The van der Waals surface area contributed by atoms with Crippen molar-refractivity contribution in [2.45, 2.75) is 5.33 Å². The van der Waals surface area contributed by atoms with Crippen molar-refractivity contribution in [1.82, 2.24) is 0 Å².